The molecule has 1 N–H and O–H groups in total. The minimum absolute atomic E-state index is 0.339. The molecule has 0 bridgehead atoms. The van der Waals surface area contributed by atoms with E-state index in [0.717, 1.165) is 0 Å². The standard InChI is InChI=1S/C11H6N2O2/c12-6-9-4-2-1-3-8(9)5-10(7-13)11(14)15/h1-5H,(H,14,15)/b10-5-. The van der Waals surface area contributed by atoms with Crippen molar-refractivity contribution in [3.63, 3.8) is 0 Å². The minimum atomic E-state index is -1.30. The van der Waals surface area contributed by atoms with Crippen molar-refractivity contribution in [3.05, 3.63) is 41.0 Å². The third-order valence-electron chi connectivity index (χ3n) is 1.73. The molecule has 1 aromatic rings. The van der Waals surface area contributed by atoms with Gasteiger partial charge in [0.25, 0.3) is 0 Å². The summed E-state index contributed by atoms with van der Waals surface area (Å²) in [5.41, 5.74) is 0.378. The molecule has 72 valence electrons. The van der Waals surface area contributed by atoms with Crippen LogP contribution in [0, 0.1) is 22.7 Å². The molecule has 0 aliphatic carbocycles. The highest BCUT2D eigenvalue weighted by Gasteiger charge is 2.07. The Bertz CT molecular complexity index is 504. The molecular weight excluding hydrogens is 192 g/mol. The second kappa shape index (κ2) is 4.59. The molecule has 0 atom stereocenters. The van der Waals surface area contributed by atoms with Gasteiger partial charge in [-0.3, -0.25) is 0 Å². The van der Waals surface area contributed by atoms with Crippen molar-refractivity contribution in [1.82, 2.24) is 0 Å². The summed E-state index contributed by atoms with van der Waals surface area (Å²) < 4.78 is 0. The Kier molecular flexibility index (Phi) is 3.21. The van der Waals surface area contributed by atoms with E-state index in [4.69, 9.17) is 15.6 Å². The fourth-order valence-electron chi connectivity index (χ4n) is 1.02. The molecule has 0 unspecified atom stereocenters. The maximum Gasteiger partial charge on any atom is 0.346 e. The van der Waals surface area contributed by atoms with Crippen molar-refractivity contribution in [2.45, 2.75) is 0 Å². The molecule has 0 radical (unpaired) electrons. The van der Waals surface area contributed by atoms with E-state index in [2.05, 4.69) is 0 Å². The highest BCUT2D eigenvalue weighted by Crippen LogP contribution is 2.11. The summed E-state index contributed by atoms with van der Waals surface area (Å²) in [6.07, 6.45) is 1.18. The maximum absolute atomic E-state index is 10.6. The van der Waals surface area contributed by atoms with Gasteiger partial charge in [-0.1, -0.05) is 18.2 Å². The van der Waals surface area contributed by atoms with Crippen LogP contribution in [0.4, 0.5) is 0 Å². The lowest BCUT2D eigenvalue weighted by Crippen LogP contribution is -1.97. The Balaban J connectivity index is 3.25. The van der Waals surface area contributed by atoms with Gasteiger partial charge < -0.3 is 5.11 Å². The smallest absolute Gasteiger partial charge is 0.346 e. The van der Waals surface area contributed by atoms with Crippen LogP contribution in [0.2, 0.25) is 0 Å². The van der Waals surface area contributed by atoms with Gasteiger partial charge in [-0.05, 0) is 17.7 Å². The molecular formula is C11H6N2O2. The molecule has 15 heavy (non-hydrogen) atoms. The predicted molar refractivity (Wildman–Crippen MR) is 52.4 cm³/mol. The van der Waals surface area contributed by atoms with Gasteiger partial charge in [-0.2, -0.15) is 10.5 Å². The summed E-state index contributed by atoms with van der Waals surface area (Å²) in [5, 5.41) is 25.9. The molecule has 4 nitrogen and oxygen atoms in total. The van der Waals surface area contributed by atoms with E-state index < -0.39 is 11.5 Å². The lowest BCUT2D eigenvalue weighted by Gasteiger charge is -1.96. The van der Waals surface area contributed by atoms with Gasteiger partial charge >= 0.3 is 5.97 Å². The maximum atomic E-state index is 10.6. The van der Waals surface area contributed by atoms with Crippen LogP contribution < -0.4 is 0 Å². The Hall–Kier alpha value is -2.59. The molecule has 0 fully saturated rings. The molecule has 0 heterocycles. The van der Waals surface area contributed by atoms with E-state index in [1.54, 1.807) is 30.3 Å². The van der Waals surface area contributed by atoms with Crippen molar-refractivity contribution in [3.8, 4) is 12.1 Å². The minimum Gasteiger partial charge on any atom is -0.477 e. The van der Waals surface area contributed by atoms with E-state index >= 15 is 0 Å². The fraction of sp³-hybridized carbons (Fsp3) is 0. The number of nitriles is 2. The zero-order valence-electron chi connectivity index (χ0n) is 7.64. The van der Waals surface area contributed by atoms with E-state index in [-0.39, 0.29) is 0 Å². The molecule has 1 aromatic carbocycles. The number of carboxylic acids is 1. The lowest BCUT2D eigenvalue weighted by atomic mass is 10.1. The predicted octanol–water partition coefficient (Wildman–Crippen LogP) is 1.55. The van der Waals surface area contributed by atoms with Gasteiger partial charge in [0.1, 0.15) is 11.6 Å². The van der Waals surface area contributed by atoms with Gasteiger partial charge in [0.15, 0.2) is 0 Å². The highest BCUT2D eigenvalue weighted by atomic mass is 16.4. The van der Waals surface area contributed by atoms with E-state index in [1.165, 1.54) is 6.08 Å². The first-order valence-corrected chi connectivity index (χ1v) is 4.03. The van der Waals surface area contributed by atoms with Crippen molar-refractivity contribution < 1.29 is 9.90 Å². The second-order valence-electron chi connectivity index (χ2n) is 2.67. The molecule has 0 spiro atoms. The van der Waals surface area contributed by atoms with Crippen LogP contribution in [0.3, 0.4) is 0 Å². The summed E-state index contributed by atoms with van der Waals surface area (Å²) in [6.45, 7) is 0. The molecule has 0 aliphatic heterocycles. The molecule has 0 aliphatic rings. The first-order valence-electron chi connectivity index (χ1n) is 4.03. The Morgan fingerprint density at radius 3 is 2.53 bits per heavy atom. The summed E-state index contributed by atoms with van der Waals surface area (Å²) in [4.78, 5) is 10.6. The molecule has 1 rings (SSSR count). The zero-order valence-corrected chi connectivity index (χ0v) is 7.64. The topological polar surface area (TPSA) is 84.9 Å². The number of carbonyl (C=O) groups is 1. The Labute approximate surface area is 86.3 Å². The van der Waals surface area contributed by atoms with Crippen molar-refractivity contribution in [2.75, 3.05) is 0 Å². The van der Waals surface area contributed by atoms with Crippen LogP contribution in [0.5, 0.6) is 0 Å². The van der Waals surface area contributed by atoms with Gasteiger partial charge in [-0.25, -0.2) is 4.79 Å². The molecule has 0 saturated carbocycles. The third-order valence-corrected chi connectivity index (χ3v) is 1.73. The Morgan fingerprint density at radius 1 is 1.33 bits per heavy atom. The summed E-state index contributed by atoms with van der Waals surface area (Å²) >= 11 is 0. The van der Waals surface area contributed by atoms with Gasteiger partial charge in [0.05, 0.1) is 11.6 Å². The zero-order chi connectivity index (χ0) is 11.3. The van der Waals surface area contributed by atoms with Gasteiger partial charge in [-0.15, -0.1) is 0 Å². The van der Waals surface area contributed by atoms with E-state index in [1.807, 2.05) is 6.07 Å². The quantitative estimate of drug-likeness (QED) is 0.577. The van der Waals surface area contributed by atoms with Gasteiger partial charge in [0.2, 0.25) is 0 Å². The Morgan fingerprint density at radius 2 is 2.00 bits per heavy atom. The van der Waals surface area contributed by atoms with Crippen LogP contribution in [0.1, 0.15) is 11.1 Å². The first kappa shape index (κ1) is 10.5. The highest BCUT2D eigenvalue weighted by molar-refractivity contribution is 5.96. The lowest BCUT2D eigenvalue weighted by molar-refractivity contribution is -0.132. The first-order chi connectivity index (χ1) is 7.19. The third kappa shape index (κ3) is 2.43. The van der Waals surface area contributed by atoms with Crippen LogP contribution in [-0.2, 0) is 4.79 Å². The van der Waals surface area contributed by atoms with Crippen LogP contribution >= 0.6 is 0 Å². The number of nitrogens with zero attached hydrogens (tertiary/aromatic N) is 2. The van der Waals surface area contributed by atoms with E-state index in [9.17, 15) is 4.79 Å². The van der Waals surface area contributed by atoms with Gasteiger partial charge in [0, 0.05) is 0 Å². The van der Waals surface area contributed by atoms with Crippen LogP contribution in [0.25, 0.3) is 6.08 Å². The van der Waals surface area contributed by atoms with Crippen LogP contribution in [-0.4, -0.2) is 11.1 Å². The average molecular weight is 198 g/mol. The summed E-state index contributed by atoms with van der Waals surface area (Å²) in [6, 6.07) is 9.95. The monoisotopic (exact) mass is 198 g/mol. The van der Waals surface area contributed by atoms with Crippen molar-refractivity contribution >= 4 is 12.0 Å². The van der Waals surface area contributed by atoms with Crippen LogP contribution in [0.15, 0.2) is 29.8 Å². The number of hydrogen-bond acceptors (Lipinski definition) is 3. The molecule has 4 heteroatoms. The van der Waals surface area contributed by atoms with E-state index in [0.29, 0.717) is 11.1 Å². The number of hydrogen-bond donors (Lipinski definition) is 1. The summed E-state index contributed by atoms with van der Waals surface area (Å²) in [5.74, 6) is -1.30. The average Bonchev–Trinajstić information content (AvgIpc) is 2.25. The number of benzene rings is 1. The molecule has 0 saturated heterocycles. The second-order valence-corrected chi connectivity index (χ2v) is 2.67. The van der Waals surface area contributed by atoms with Crippen molar-refractivity contribution in [1.29, 1.82) is 10.5 Å². The molecule has 0 amide bonds. The summed E-state index contributed by atoms with van der Waals surface area (Å²) in [7, 11) is 0. The normalized spacial score (nSPS) is 10.1. The SMILES string of the molecule is N#C/C(=C/c1ccccc1C#N)C(=O)O. The largest absolute Gasteiger partial charge is 0.477 e. The number of carboxylic acid groups (broad SMARTS) is 1. The molecule has 0 aromatic heterocycles. The number of aliphatic carboxylic acids is 1. The van der Waals surface area contributed by atoms with Crippen molar-refractivity contribution in [2.24, 2.45) is 0 Å². The fourth-order valence-corrected chi connectivity index (χ4v) is 1.02. The number of rotatable bonds is 2.